The highest BCUT2D eigenvalue weighted by molar-refractivity contribution is 8.26. The van der Waals surface area contributed by atoms with Crippen molar-refractivity contribution < 1.29 is 19.4 Å². The molecule has 126 valence electrons. The van der Waals surface area contributed by atoms with Crippen LogP contribution in [0, 0.1) is 0 Å². The van der Waals surface area contributed by atoms with E-state index >= 15 is 0 Å². The Morgan fingerprint density at radius 1 is 1.42 bits per heavy atom. The van der Waals surface area contributed by atoms with E-state index in [1.807, 2.05) is 30.3 Å². The number of carbonyl (C=O) groups is 2. The smallest absolute Gasteiger partial charge is 0.303 e. The minimum Gasteiger partial charge on any atom is -0.496 e. The summed E-state index contributed by atoms with van der Waals surface area (Å²) in [7, 11) is 1.61. The number of carboxylic acid groups (broad SMARTS) is 1. The Kier molecular flexibility index (Phi) is 6.57. The van der Waals surface area contributed by atoms with Crippen LogP contribution in [0.5, 0.6) is 5.75 Å². The van der Waals surface area contributed by atoms with E-state index < -0.39 is 5.97 Å². The van der Waals surface area contributed by atoms with E-state index in [2.05, 4.69) is 0 Å². The second-order valence-corrected chi connectivity index (χ2v) is 6.63. The molecule has 0 aliphatic carbocycles. The first-order chi connectivity index (χ1) is 11.5. The molecule has 1 aliphatic heterocycles. The molecule has 1 saturated heterocycles. The van der Waals surface area contributed by atoms with Gasteiger partial charge in [0.25, 0.3) is 5.91 Å². The molecular weight excluding hydrogens is 346 g/mol. The monoisotopic (exact) mass is 363 g/mol. The number of aliphatic carboxylic acids is 1. The molecule has 0 saturated carbocycles. The summed E-state index contributed by atoms with van der Waals surface area (Å²) in [6, 6.07) is 7.57. The van der Waals surface area contributed by atoms with Crippen molar-refractivity contribution in [1.29, 1.82) is 0 Å². The summed E-state index contributed by atoms with van der Waals surface area (Å²) >= 11 is 6.42. The Morgan fingerprint density at radius 2 is 2.17 bits per heavy atom. The predicted octanol–water partition coefficient (Wildman–Crippen LogP) is 3.32. The molecule has 7 heteroatoms. The predicted molar refractivity (Wildman–Crippen MR) is 98.9 cm³/mol. The minimum absolute atomic E-state index is 0.0177. The van der Waals surface area contributed by atoms with Crippen LogP contribution >= 0.6 is 24.0 Å². The van der Waals surface area contributed by atoms with Crippen molar-refractivity contribution >= 4 is 46.3 Å². The molecule has 0 bridgehead atoms. The molecule has 0 spiro atoms. The number of carbonyl (C=O) groups excluding carboxylic acids is 1. The van der Waals surface area contributed by atoms with Gasteiger partial charge in [0, 0.05) is 18.5 Å². The molecule has 1 N–H and O–H groups in total. The van der Waals surface area contributed by atoms with Gasteiger partial charge < -0.3 is 9.84 Å². The lowest BCUT2D eigenvalue weighted by atomic mass is 10.2. The van der Waals surface area contributed by atoms with Crippen LogP contribution in [-0.4, -0.2) is 39.9 Å². The molecule has 1 heterocycles. The van der Waals surface area contributed by atoms with Gasteiger partial charge in [-0.3, -0.25) is 14.5 Å². The van der Waals surface area contributed by atoms with E-state index in [0.29, 0.717) is 22.2 Å². The van der Waals surface area contributed by atoms with Crippen LogP contribution < -0.4 is 4.74 Å². The van der Waals surface area contributed by atoms with Gasteiger partial charge in [0.15, 0.2) is 0 Å². The first-order valence-corrected chi connectivity index (χ1v) is 8.52. The third kappa shape index (κ3) is 4.69. The van der Waals surface area contributed by atoms with Crippen molar-refractivity contribution in [3.63, 3.8) is 0 Å². The lowest BCUT2D eigenvalue weighted by Crippen LogP contribution is -2.29. The standard InChI is InChI=1S/C17H17NO4S2/c1-22-13-8-3-2-6-12(13)7-4-9-14-16(21)18(17(23)24-14)11-5-10-15(19)20/h2-4,6-9H,5,10-11H2,1H3,(H,19,20)/b7-4+,14-9-. The van der Waals surface area contributed by atoms with E-state index in [1.54, 1.807) is 19.3 Å². The first-order valence-electron chi connectivity index (χ1n) is 7.29. The Bertz CT molecular complexity index is 712. The van der Waals surface area contributed by atoms with E-state index in [4.69, 9.17) is 22.1 Å². The van der Waals surface area contributed by atoms with Gasteiger partial charge in [-0.25, -0.2) is 0 Å². The van der Waals surface area contributed by atoms with Crippen LogP contribution in [0.1, 0.15) is 18.4 Å². The number of thiocarbonyl (C=S) groups is 1. The number of rotatable bonds is 7. The van der Waals surface area contributed by atoms with Crippen LogP contribution in [0.3, 0.4) is 0 Å². The van der Waals surface area contributed by atoms with Gasteiger partial charge in [-0.15, -0.1) is 0 Å². The summed E-state index contributed by atoms with van der Waals surface area (Å²) in [4.78, 5) is 24.8. The number of amides is 1. The number of methoxy groups -OCH3 is 1. The highest BCUT2D eigenvalue weighted by Crippen LogP contribution is 2.31. The van der Waals surface area contributed by atoms with E-state index in [9.17, 15) is 9.59 Å². The molecule has 5 nitrogen and oxygen atoms in total. The van der Waals surface area contributed by atoms with E-state index in [-0.39, 0.29) is 12.3 Å². The number of hydrogen-bond donors (Lipinski definition) is 1. The molecule has 0 atom stereocenters. The van der Waals surface area contributed by atoms with Crippen LogP contribution in [0.15, 0.2) is 41.3 Å². The lowest BCUT2D eigenvalue weighted by Gasteiger charge is -2.12. The second-order valence-electron chi connectivity index (χ2n) is 4.95. The minimum atomic E-state index is -0.879. The number of nitrogens with zero attached hydrogens (tertiary/aromatic N) is 1. The van der Waals surface area contributed by atoms with Crippen molar-refractivity contribution in [3.05, 3.63) is 46.9 Å². The molecule has 0 aromatic heterocycles. The fourth-order valence-corrected chi connectivity index (χ4v) is 3.40. The maximum absolute atomic E-state index is 12.3. The number of para-hydroxylation sites is 1. The molecule has 2 rings (SSSR count). The van der Waals surface area contributed by atoms with Gasteiger partial charge in [-0.05, 0) is 18.6 Å². The quantitative estimate of drug-likeness (QED) is 0.592. The SMILES string of the molecule is COc1ccccc1/C=C/C=C1\SC(=S)N(CCCC(=O)O)C1=O. The number of benzene rings is 1. The van der Waals surface area contributed by atoms with Gasteiger partial charge in [0.05, 0.1) is 12.0 Å². The molecule has 1 aromatic carbocycles. The first kappa shape index (κ1) is 18.2. The topological polar surface area (TPSA) is 66.8 Å². The van der Waals surface area contributed by atoms with Crippen molar-refractivity contribution in [2.45, 2.75) is 12.8 Å². The Labute approximate surface area is 150 Å². The molecule has 1 aliphatic rings. The zero-order valence-electron chi connectivity index (χ0n) is 13.1. The highest BCUT2D eigenvalue weighted by atomic mass is 32.2. The van der Waals surface area contributed by atoms with E-state index in [1.165, 1.54) is 16.7 Å². The van der Waals surface area contributed by atoms with Gasteiger partial charge in [0.2, 0.25) is 0 Å². The van der Waals surface area contributed by atoms with Crippen LogP contribution in [0.2, 0.25) is 0 Å². The summed E-state index contributed by atoms with van der Waals surface area (Å²) in [5.74, 6) is -0.306. The molecule has 0 unspecified atom stereocenters. The summed E-state index contributed by atoms with van der Waals surface area (Å²) in [5, 5.41) is 8.67. The van der Waals surface area contributed by atoms with Gasteiger partial charge in [-0.2, -0.15) is 0 Å². The van der Waals surface area contributed by atoms with Gasteiger partial charge in [0.1, 0.15) is 10.1 Å². The number of thioether (sulfide) groups is 1. The zero-order chi connectivity index (χ0) is 17.5. The summed E-state index contributed by atoms with van der Waals surface area (Å²) in [6.45, 7) is 0.324. The molecular formula is C17H17NO4S2. The Balaban J connectivity index is 2.03. The van der Waals surface area contributed by atoms with Crippen molar-refractivity contribution in [1.82, 2.24) is 4.90 Å². The van der Waals surface area contributed by atoms with Gasteiger partial charge >= 0.3 is 5.97 Å². The van der Waals surface area contributed by atoms with Crippen molar-refractivity contribution in [2.75, 3.05) is 13.7 Å². The second kappa shape index (κ2) is 8.65. The fourth-order valence-electron chi connectivity index (χ4n) is 2.14. The number of hydrogen-bond acceptors (Lipinski definition) is 5. The molecule has 24 heavy (non-hydrogen) atoms. The number of carboxylic acids is 1. The summed E-state index contributed by atoms with van der Waals surface area (Å²) in [6.07, 6.45) is 5.75. The van der Waals surface area contributed by atoms with Crippen LogP contribution in [0.4, 0.5) is 0 Å². The third-order valence-electron chi connectivity index (χ3n) is 3.31. The highest BCUT2D eigenvalue weighted by Gasteiger charge is 2.31. The Hall–Kier alpha value is -2.12. The van der Waals surface area contributed by atoms with Gasteiger partial charge in [-0.1, -0.05) is 54.3 Å². The Morgan fingerprint density at radius 3 is 2.88 bits per heavy atom. The largest absolute Gasteiger partial charge is 0.496 e. The fraction of sp³-hybridized carbons (Fsp3) is 0.235. The molecule has 1 amide bonds. The average Bonchev–Trinajstić information content (AvgIpc) is 2.82. The van der Waals surface area contributed by atoms with Crippen molar-refractivity contribution in [2.24, 2.45) is 0 Å². The lowest BCUT2D eigenvalue weighted by molar-refractivity contribution is -0.137. The summed E-state index contributed by atoms with van der Waals surface area (Å²) < 4.78 is 5.73. The van der Waals surface area contributed by atoms with E-state index in [0.717, 1.165) is 11.3 Å². The molecule has 0 radical (unpaired) electrons. The third-order valence-corrected chi connectivity index (χ3v) is 4.70. The summed E-state index contributed by atoms with van der Waals surface area (Å²) in [5.41, 5.74) is 0.910. The zero-order valence-corrected chi connectivity index (χ0v) is 14.7. The van der Waals surface area contributed by atoms with Crippen LogP contribution in [-0.2, 0) is 9.59 Å². The maximum Gasteiger partial charge on any atom is 0.303 e. The average molecular weight is 363 g/mol. The number of allylic oxidation sites excluding steroid dienone is 2. The number of ether oxygens (including phenoxy) is 1. The maximum atomic E-state index is 12.3. The van der Waals surface area contributed by atoms with Crippen LogP contribution in [0.25, 0.3) is 6.08 Å². The molecule has 1 fully saturated rings. The molecule has 1 aromatic rings. The van der Waals surface area contributed by atoms with Crippen molar-refractivity contribution in [3.8, 4) is 5.75 Å². The normalized spacial score (nSPS) is 16.4.